The molecule has 1 aliphatic carbocycles. The van der Waals surface area contributed by atoms with Crippen LogP contribution in [0.2, 0.25) is 0 Å². The Bertz CT molecular complexity index is 455. The molecule has 0 aliphatic heterocycles. The maximum atomic E-state index is 6.18. The van der Waals surface area contributed by atoms with Gasteiger partial charge in [0.25, 0.3) is 0 Å². The highest BCUT2D eigenvalue weighted by Crippen LogP contribution is 2.42. The molecule has 4 heteroatoms. The van der Waals surface area contributed by atoms with E-state index >= 15 is 0 Å². The molecular weight excluding hydrogens is 262 g/mol. The fourth-order valence-corrected chi connectivity index (χ4v) is 3.46. The van der Waals surface area contributed by atoms with Crippen molar-refractivity contribution in [2.45, 2.75) is 64.0 Å². The van der Waals surface area contributed by atoms with Gasteiger partial charge in [0.15, 0.2) is 0 Å². The first-order chi connectivity index (χ1) is 10.1. The molecular formula is C17H29N3O. The monoisotopic (exact) mass is 291 g/mol. The molecule has 1 fully saturated rings. The van der Waals surface area contributed by atoms with E-state index < -0.39 is 0 Å². The van der Waals surface area contributed by atoms with Crippen LogP contribution in [0.25, 0.3) is 0 Å². The normalized spacial score (nSPS) is 19.4. The van der Waals surface area contributed by atoms with Crippen molar-refractivity contribution in [3.05, 3.63) is 23.4 Å². The van der Waals surface area contributed by atoms with Crippen LogP contribution in [0.3, 0.4) is 0 Å². The van der Waals surface area contributed by atoms with Crippen molar-refractivity contribution in [1.82, 2.24) is 10.3 Å². The fourth-order valence-electron chi connectivity index (χ4n) is 3.46. The van der Waals surface area contributed by atoms with Gasteiger partial charge >= 0.3 is 0 Å². The average Bonchev–Trinajstić information content (AvgIpc) is 2.51. The van der Waals surface area contributed by atoms with E-state index in [1.165, 1.54) is 19.3 Å². The summed E-state index contributed by atoms with van der Waals surface area (Å²) < 4.78 is 6.04. The lowest BCUT2D eigenvalue weighted by Crippen LogP contribution is -2.47. The molecule has 3 N–H and O–H groups in total. The minimum absolute atomic E-state index is 0.121. The molecule has 0 saturated heterocycles. The summed E-state index contributed by atoms with van der Waals surface area (Å²) in [4.78, 5) is 4.35. The number of aromatic nitrogens is 1. The molecule has 21 heavy (non-hydrogen) atoms. The predicted molar refractivity (Wildman–Crippen MR) is 87.2 cm³/mol. The predicted octanol–water partition coefficient (Wildman–Crippen LogP) is 3.36. The summed E-state index contributed by atoms with van der Waals surface area (Å²) in [5, 5.41) is 3.67. The van der Waals surface area contributed by atoms with Gasteiger partial charge in [-0.1, -0.05) is 26.2 Å². The summed E-state index contributed by atoms with van der Waals surface area (Å²) in [6.07, 6.45) is 8.82. The number of nitrogens with two attached hydrogens (primary N) is 1. The highest BCUT2D eigenvalue weighted by atomic mass is 16.5. The molecule has 0 amide bonds. The van der Waals surface area contributed by atoms with Gasteiger partial charge in [0.2, 0.25) is 0 Å². The fraction of sp³-hybridized carbons (Fsp3) is 0.706. The smallest absolute Gasteiger partial charge is 0.128 e. The van der Waals surface area contributed by atoms with Gasteiger partial charge in [-0.25, -0.2) is 4.98 Å². The van der Waals surface area contributed by atoms with Gasteiger partial charge in [0, 0.05) is 18.9 Å². The van der Waals surface area contributed by atoms with E-state index in [0.29, 0.717) is 5.82 Å². The maximum Gasteiger partial charge on any atom is 0.128 e. The molecule has 0 bridgehead atoms. The average molecular weight is 291 g/mol. The zero-order valence-electron chi connectivity index (χ0n) is 13.6. The summed E-state index contributed by atoms with van der Waals surface area (Å²) in [6.45, 7) is 5.21. The molecule has 1 aromatic rings. The molecule has 0 radical (unpaired) electrons. The SMILES string of the molecule is CCCNC(c1cc(C)cnc1N)C1(OC)CCCCC1. The topological polar surface area (TPSA) is 60.2 Å². The van der Waals surface area contributed by atoms with E-state index in [1.54, 1.807) is 0 Å². The molecule has 1 heterocycles. The Morgan fingerprint density at radius 1 is 1.38 bits per heavy atom. The summed E-state index contributed by atoms with van der Waals surface area (Å²) >= 11 is 0. The molecule has 1 saturated carbocycles. The number of nitrogen functional groups attached to an aromatic ring is 1. The largest absolute Gasteiger partial charge is 0.383 e. The second kappa shape index (κ2) is 7.23. The van der Waals surface area contributed by atoms with Gasteiger partial charge in [0.1, 0.15) is 5.82 Å². The van der Waals surface area contributed by atoms with Crippen LogP contribution < -0.4 is 11.1 Å². The Hall–Kier alpha value is -1.13. The Morgan fingerprint density at radius 3 is 2.71 bits per heavy atom. The van der Waals surface area contributed by atoms with Crippen LogP contribution in [0.1, 0.15) is 62.6 Å². The van der Waals surface area contributed by atoms with Gasteiger partial charge in [-0.05, 0) is 44.4 Å². The number of rotatable bonds is 6. The van der Waals surface area contributed by atoms with E-state index in [1.807, 2.05) is 13.3 Å². The van der Waals surface area contributed by atoms with Crippen molar-refractivity contribution in [1.29, 1.82) is 0 Å². The third-order valence-electron chi connectivity index (χ3n) is 4.63. The van der Waals surface area contributed by atoms with Crippen LogP contribution >= 0.6 is 0 Å². The maximum absolute atomic E-state index is 6.18. The number of aryl methyl sites for hydroxylation is 1. The third kappa shape index (κ3) is 3.55. The number of nitrogens with zero attached hydrogens (tertiary/aromatic N) is 1. The first-order valence-electron chi connectivity index (χ1n) is 8.13. The van der Waals surface area contributed by atoms with E-state index in [4.69, 9.17) is 10.5 Å². The molecule has 0 aromatic carbocycles. The lowest BCUT2D eigenvalue weighted by Gasteiger charge is -2.43. The highest BCUT2D eigenvalue weighted by molar-refractivity contribution is 5.44. The summed E-state index contributed by atoms with van der Waals surface area (Å²) in [6, 6.07) is 2.28. The van der Waals surface area contributed by atoms with Gasteiger partial charge in [-0.15, -0.1) is 0 Å². The number of ether oxygens (including phenoxy) is 1. The first kappa shape index (κ1) is 16.2. The van der Waals surface area contributed by atoms with Crippen LogP contribution in [-0.2, 0) is 4.74 Å². The molecule has 4 nitrogen and oxygen atoms in total. The zero-order chi connectivity index (χ0) is 15.3. The lowest BCUT2D eigenvalue weighted by molar-refractivity contribution is -0.0686. The molecule has 1 aromatic heterocycles. The molecule has 0 spiro atoms. The van der Waals surface area contributed by atoms with Crippen molar-refractivity contribution >= 4 is 5.82 Å². The second-order valence-corrected chi connectivity index (χ2v) is 6.20. The number of methoxy groups -OCH3 is 1. The van der Waals surface area contributed by atoms with Gasteiger partial charge < -0.3 is 15.8 Å². The quantitative estimate of drug-likeness (QED) is 0.843. The van der Waals surface area contributed by atoms with Crippen LogP contribution in [0.4, 0.5) is 5.82 Å². The van der Waals surface area contributed by atoms with Crippen LogP contribution in [0, 0.1) is 6.92 Å². The van der Waals surface area contributed by atoms with Crippen molar-refractivity contribution in [2.75, 3.05) is 19.4 Å². The highest BCUT2D eigenvalue weighted by Gasteiger charge is 2.41. The Kier molecular flexibility index (Phi) is 5.59. The second-order valence-electron chi connectivity index (χ2n) is 6.20. The van der Waals surface area contributed by atoms with Crippen molar-refractivity contribution in [2.24, 2.45) is 0 Å². The Morgan fingerprint density at radius 2 is 2.10 bits per heavy atom. The molecule has 118 valence electrons. The van der Waals surface area contributed by atoms with Crippen molar-refractivity contribution < 1.29 is 4.74 Å². The zero-order valence-corrected chi connectivity index (χ0v) is 13.6. The number of hydrogen-bond donors (Lipinski definition) is 2. The summed E-state index contributed by atoms with van der Waals surface area (Å²) in [5.41, 5.74) is 8.25. The number of nitrogens with one attached hydrogen (secondary N) is 1. The van der Waals surface area contributed by atoms with Gasteiger partial charge in [-0.2, -0.15) is 0 Å². The van der Waals surface area contributed by atoms with E-state index in [0.717, 1.165) is 36.9 Å². The van der Waals surface area contributed by atoms with Crippen molar-refractivity contribution in [3.63, 3.8) is 0 Å². The first-order valence-corrected chi connectivity index (χ1v) is 8.13. The molecule has 2 rings (SSSR count). The van der Waals surface area contributed by atoms with Crippen LogP contribution in [0.15, 0.2) is 12.3 Å². The Labute approximate surface area is 128 Å². The van der Waals surface area contributed by atoms with E-state index in [-0.39, 0.29) is 11.6 Å². The van der Waals surface area contributed by atoms with E-state index in [2.05, 4.69) is 30.2 Å². The minimum Gasteiger partial charge on any atom is -0.383 e. The summed E-state index contributed by atoms with van der Waals surface area (Å²) in [5.74, 6) is 0.621. The number of pyridine rings is 1. The molecule has 1 aliphatic rings. The molecule has 1 atom stereocenters. The van der Waals surface area contributed by atoms with Crippen molar-refractivity contribution in [3.8, 4) is 0 Å². The lowest BCUT2D eigenvalue weighted by atomic mass is 9.76. The minimum atomic E-state index is -0.156. The van der Waals surface area contributed by atoms with Crippen LogP contribution in [0.5, 0.6) is 0 Å². The van der Waals surface area contributed by atoms with Gasteiger partial charge in [0.05, 0.1) is 11.6 Å². The molecule has 1 unspecified atom stereocenters. The Balaban J connectivity index is 2.38. The van der Waals surface area contributed by atoms with E-state index in [9.17, 15) is 0 Å². The number of anilines is 1. The van der Waals surface area contributed by atoms with Gasteiger partial charge in [-0.3, -0.25) is 0 Å². The third-order valence-corrected chi connectivity index (χ3v) is 4.63. The number of hydrogen-bond acceptors (Lipinski definition) is 4. The standard InChI is InChI=1S/C17H29N3O/c1-4-10-19-15(14-11-13(2)12-20-16(14)18)17(21-3)8-6-5-7-9-17/h11-12,15,19H,4-10H2,1-3H3,(H2,18,20). The van der Waals surface area contributed by atoms with Crippen LogP contribution in [-0.4, -0.2) is 24.2 Å². The summed E-state index contributed by atoms with van der Waals surface area (Å²) in [7, 11) is 1.84.